The van der Waals surface area contributed by atoms with Gasteiger partial charge in [0.1, 0.15) is 11.6 Å². The van der Waals surface area contributed by atoms with Crippen LogP contribution in [-0.2, 0) is 4.79 Å². The highest BCUT2D eigenvalue weighted by atomic mass is 19.1. The summed E-state index contributed by atoms with van der Waals surface area (Å²) in [6.07, 6.45) is 4.87. The minimum atomic E-state index is -0.284. The van der Waals surface area contributed by atoms with Gasteiger partial charge >= 0.3 is 0 Å². The molecule has 0 saturated heterocycles. The van der Waals surface area contributed by atoms with Gasteiger partial charge in [0, 0.05) is 0 Å². The third kappa shape index (κ3) is 4.97. The SMILES string of the molecule is CC(NC(=O)CNc1ccccc1OC1CCCC1)c1ccc(F)cc1. The van der Waals surface area contributed by atoms with Crippen molar-refractivity contribution in [1.29, 1.82) is 0 Å². The van der Waals surface area contributed by atoms with Crippen LogP contribution in [0.4, 0.5) is 10.1 Å². The quantitative estimate of drug-likeness (QED) is 0.771. The van der Waals surface area contributed by atoms with Crippen LogP contribution in [0.15, 0.2) is 48.5 Å². The molecule has 5 heteroatoms. The van der Waals surface area contributed by atoms with E-state index < -0.39 is 0 Å². The van der Waals surface area contributed by atoms with E-state index in [1.54, 1.807) is 12.1 Å². The van der Waals surface area contributed by atoms with Gasteiger partial charge in [-0.2, -0.15) is 0 Å². The molecule has 1 aliphatic rings. The summed E-state index contributed by atoms with van der Waals surface area (Å²) in [5.74, 6) is 0.379. The highest BCUT2D eigenvalue weighted by molar-refractivity contribution is 5.81. The van der Waals surface area contributed by atoms with Crippen LogP contribution in [0.2, 0.25) is 0 Å². The van der Waals surface area contributed by atoms with Crippen LogP contribution < -0.4 is 15.4 Å². The van der Waals surface area contributed by atoms with Crippen molar-refractivity contribution in [2.45, 2.75) is 44.8 Å². The molecule has 1 amide bonds. The Morgan fingerprint density at radius 3 is 2.58 bits per heavy atom. The van der Waals surface area contributed by atoms with Crippen molar-refractivity contribution in [2.75, 3.05) is 11.9 Å². The minimum absolute atomic E-state index is 0.127. The number of hydrogen-bond acceptors (Lipinski definition) is 3. The molecule has 1 unspecified atom stereocenters. The maximum atomic E-state index is 13.0. The molecule has 4 nitrogen and oxygen atoms in total. The summed E-state index contributed by atoms with van der Waals surface area (Å²) >= 11 is 0. The number of carbonyl (C=O) groups is 1. The lowest BCUT2D eigenvalue weighted by molar-refractivity contribution is -0.120. The molecular formula is C21H25FN2O2. The molecule has 0 heterocycles. The van der Waals surface area contributed by atoms with Gasteiger partial charge in [-0.15, -0.1) is 0 Å². The van der Waals surface area contributed by atoms with Crippen molar-refractivity contribution < 1.29 is 13.9 Å². The molecule has 1 saturated carbocycles. The third-order valence-electron chi connectivity index (χ3n) is 4.67. The maximum absolute atomic E-state index is 13.0. The van der Waals surface area contributed by atoms with E-state index in [0.717, 1.165) is 29.8 Å². The molecule has 0 bridgehead atoms. The van der Waals surface area contributed by atoms with E-state index >= 15 is 0 Å². The molecule has 0 aromatic heterocycles. The number of rotatable bonds is 7. The minimum Gasteiger partial charge on any atom is -0.488 e. The molecule has 1 atom stereocenters. The number of amides is 1. The lowest BCUT2D eigenvalue weighted by Crippen LogP contribution is -2.32. The Balaban J connectivity index is 1.53. The number of nitrogens with one attached hydrogen (secondary N) is 2. The number of ether oxygens (including phenoxy) is 1. The highest BCUT2D eigenvalue weighted by Crippen LogP contribution is 2.29. The van der Waals surface area contributed by atoms with E-state index in [1.165, 1.54) is 25.0 Å². The summed E-state index contributed by atoms with van der Waals surface area (Å²) in [4.78, 5) is 12.2. The van der Waals surface area contributed by atoms with E-state index in [-0.39, 0.29) is 30.4 Å². The smallest absolute Gasteiger partial charge is 0.239 e. The van der Waals surface area contributed by atoms with Crippen molar-refractivity contribution in [3.8, 4) is 5.75 Å². The Hall–Kier alpha value is -2.56. The summed E-state index contributed by atoms with van der Waals surface area (Å²) in [7, 11) is 0. The van der Waals surface area contributed by atoms with Gasteiger partial charge in [0.15, 0.2) is 0 Å². The molecule has 0 aliphatic heterocycles. The summed E-state index contributed by atoms with van der Waals surface area (Å²) in [6, 6.07) is 13.7. The second-order valence-corrected chi connectivity index (χ2v) is 6.71. The Labute approximate surface area is 153 Å². The number of halogens is 1. The molecule has 3 rings (SSSR count). The van der Waals surface area contributed by atoms with Gasteiger partial charge in [0.25, 0.3) is 0 Å². The number of benzene rings is 2. The maximum Gasteiger partial charge on any atom is 0.239 e. The monoisotopic (exact) mass is 356 g/mol. The van der Waals surface area contributed by atoms with Crippen molar-refractivity contribution >= 4 is 11.6 Å². The van der Waals surface area contributed by atoms with Gasteiger partial charge < -0.3 is 15.4 Å². The first kappa shape index (κ1) is 18.2. The van der Waals surface area contributed by atoms with E-state index in [2.05, 4.69) is 10.6 Å². The lowest BCUT2D eigenvalue weighted by Gasteiger charge is -2.18. The van der Waals surface area contributed by atoms with Crippen molar-refractivity contribution in [2.24, 2.45) is 0 Å². The van der Waals surface area contributed by atoms with Crippen LogP contribution in [0.1, 0.15) is 44.2 Å². The van der Waals surface area contributed by atoms with Gasteiger partial charge in [0.2, 0.25) is 5.91 Å². The zero-order valence-electron chi connectivity index (χ0n) is 15.0. The molecule has 138 valence electrons. The van der Waals surface area contributed by atoms with Crippen LogP contribution in [-0.4, -0.2) is 18.6 Å². The topological polar surface area (TPSA) is 50.4 Å². The summed E-state index contributed by atoms with van der Waals surface area (Å²) in [5, 5.41) is 6.07. The summed E-state index contributed by atoms with van der Waals surface area (Å²) < 4.78 is 19.1. The van der Waals surface area contributed by atoms with Gasteiger partial charge in [0.05, 0.1) is 24.4 Å². The Morgan fingerprint density at radius 2 is 1.85 bits per heavy atom. The van der Waals surface area contributed by atoms with E-state index in [1.807, 2.05) is 31.2 Å². The number of hydrogen-bond donors (Lipinski definition) is 2. The first-order chi connectivity index (χ1) is 12.6. The van der Waals surface area contributed by atoms with Crippen LogP contribution in [0.5, 0.6) is 5.75 Å². The fourth-order valence-electron chi connectivity index (χ4n) is 3.20. The molecule has 2 N–H and O–H groups in total. The second-order valence-electron chi connectivity index (χ2n) is 6.71. The van der Waals surface area contributed by atoms with Gasteiger partial charge in [-0.05, 0) is 62.4 Å². The number of carbonyl (C=O) groups excluding carboxylic acids is 1. The van der Waals surface area contributed by atoms with Gasteiger partial charge in [-0.1, -0.05) is 24.3 Å². The number of para-hydroxylation sites is 2. The lowest BCUT2D eigenvalue weighted by atomic mass is 10.1. The average Bonchev–Trinajstić information content (AvgIpc) is 3.14. The Bertz CT molecular complexity index is 727. The first-order valence-corrected chi connectivity index (χ1v) is 9.16. The summed E-state index contributed by atoms with van der Waals surface area (Å²) in [6.45, 7) is 2.03. The Morgan fingerprint density at radius 1 is 1.15 bits per heavy atom. The van der Waals surface area contributed by atoms with Crippen molar-refractivity contribution in [3.05, 3.63) is 59.9 Å². The molecule has 0 radical (unpaired) electrons. The molecule has 1 fully saturated rings. The zero-order chi connectivity index (χ0) is 18.4. The first-order valence-electron chi connectivity index (χ1n) is 9.16. The number of anilines is 1. The van der Waals surface area contributed by atoms with E-state index in [4.69, 9.17) is 4.74 Å². The van der Waals surface area contributed by atoms with Crippen molar-refractivity contribution in [3.63, 3.8) is 0 Å². The molecular weight excluding hydrogens is 331 g/mol. The normalized spacial score (nSPS) is 15.5. The van der Waals surface area contributed by atoms with E-state index in [9.17, 15) is 9.18 Å². The standard InChI is InChI=1S/C21H25FN2O2/c1-15(16-10-12-17(22)13-11-16)24-21(25)14-23-19-8-4-5-9-20(19)26-18-6-2-3-7-18/h4-5,8-13,15,18,23H,2-3,6-7,14H2,1H3,(H,24,25). The highest BCUT2D eigenvalue weighted by Gasteiger charge is 2.18. The molecule has 26 heavy (non-hydrogen) atoms. The van der Waals surface area contributed by atoms with Crippen LogP contribution in [0, 0.1) is 5.82 Å². The molecule has 2 aromatic rings. The summed E-state index contributed by atoms with van der Waals surface area (Å²) in [5.41, 5.74) is 1.69. The predicted molar refractivity (Wildman–Crippen MR) is 101 cm³/mol. The second kappa shape index (κ2) is 8.70. The fraction of sp³-hybridized carbons (Fsp3) is 0.381. The van der Waals surface area contributed by atoms with Crippen LogP contribution in [0.3, 0.4) is 0 Å². The average molecular weight is 356 g/mol. The molecule has 2 aromatic carbocycles. The molecule has 0 spiro atoms. The van der Waals surface area contributed by atoms with E-state index in [0.29, 0.717) is 0 Å². The third-order valence-corrected chi connectivity index (χ3v) is 4.67. The molecule has 1 aliphatic carbocycles. The predicted octanol–water partition coefficient (Wildman–Crippen LogP) is 4.44. The van der Waals surface area contributed by atoms with Gasteiger partial charge in [-0.3, -0.25) is 4.79 Å². The van der Waals surface area contributed by atoms with Crippen molar-refractivity contribution in [1.82, 2.24) is 5.32 Å². The largest absolute Gasteiger partial charge is 0.488 e. The van der Waals surface area contributed by atoms with Gasteiger partial charge in [-0.25, -0.2) is 4.39 Å². The zero-order valence-corrected chi connectivity index (χ0v) is 15.0. The van der Waals surface area contributed by atoms with Crippen LogP contribution in [0.25, 0.3) is 0 Å². The fourth-order valence-corrected chi connectivity index (χ4v) is 3.20. The Kier molecular flexibility index (Phi) is 6.10. The van der Waals surface area contributed by atoms with Crippen LogP contribution >= 0.6 is 0 Å².